The molecular weight excluding hydrogens is 533 g/mol. The minimum absolute atomic E-state index is 0.0745. The maximum Gasteiger partial charge on any atom is 0.573 e. The maximum absolute atomic E-state index is 12.9. The van der Waals surface area contributed by atoms with E-state index >= 15 is 0 Å². The second kappa shape index (κ2) is 14.0. The van der Waals surface area contributed by atoms with Gasteiger partial charge in [0, 0.05) is 31.2 Å². The minimum Gasteiger partial charge on any atom is -0.444 e. The zero-order valence-electron chi connectivity index (χ0n) is 24.1. The van der Waals surface area contributed by atoms with Crippen LogP contribution in [-0.2, 0) is 14.3 Å². The molecule has 1 aromatic carbocycles. The highest BCUT2D eigenvalue weighted by atomic mass is 19.4. The fourth-order valence-corrected chi connectivity index (χ4v) is 4.56. The van der Waals surface area contributed by atoms with Crippen LogP contribution in [-0.4, -0.2) is 80.2 Å². The van der Waals surface area contributed by atoms with Gasteiger partial charge in [0.15, 0.2) is 0 Å². The van der Waals surface area contributed by atoms with Gasteiger partial charge in [-0.3, -0.25) is 14.9 Å². The number of nitrogens with one attached hydrogen (secondary N) is 3. The van der Waals surface area contributed by atoms with E-state index in [1.54, 1.807) is 27.9 Å². The molecule has 3 amide bonds. The Morgan fingerprint density at radius 1 is 1.12 bits per heavy atom. The van der Waals surface area contributed by atoms with Crippen LogP contribution in [0, 0.1) is 5.92 Å². The number of halogens is 3. The molecule has 1 aliphatic carbocycles. The first-order chi connectivity index (χ1) is 18.5. The van der Waals surface area contributed by atoms with Crippen molar-refractivity contribution in [3.05, 3.63) is 23.8 Å². The van der Waals surface area contributed by atoms with Crippen LogP contribution in [0.15, 0.2) is 18.2 Å². The molecule has 1 aromatic rings. The summed E-state index contributed by atoms with van der Waals surface area (Å²) in [5.41, 5.74) is -1.31. The lowest BCUT2D eigenvalue weighted by molar-refractivity contribution is -0.274. The average Bonchev–Trinajstić information content (AvgIpc) is 2.82. The van der Waals surface area contributed by atoms with Gasteiger partial charge in [0.25, 0.3) is 5.91 Å². The first kappa shape index (κ1) is 33.1. The van der Waals surface area contributed by atoms with E-state index in [1.807, 2.05) is 0 Å². The second-order valence-electron chi connectivity index (χ2n) is 11.2. The first-order valence-electron chi connectivity index (χ1n) is 13.2. The lowest BCUT2D eigenvalue weighted by Crippen LogP contribution is -2.52. The molecule has 2 rings (SSSR count). The molecule has 0 bridgehead atoms. The van der Waals surface area contributed by atoms with Crippen LogP contribution < -0.4 is 20.7 Å². The van der Waals surface area contributed by atoms with Crippen molar-refractivity contribution in [1.82, 2.24) is 15.5 Å². The third-order valence-corrected chi connectivity index (χ3v) is 6.59. The van der Waals surface area contributed by atoms with E-state index in [0.717, 1.165) is 37.5 Å². The van der Waals surface area contributed by atoms with Gasteiger partial charge in [-0.1, -0.05) is 0 Å². The topological polar surface area (TPSA) is 118 Å². The number of anilines is 1. The van der Waals surface area contributed by atoms with Crippen LogP contribution in [0.4, 0.5) is 23.7 Å². The third kappa shape index (κ3) is 10.8. The fourth-order valence-electron chi connectivity index (χ4n) is 4.56. The summed E-state index contributed by atoms with van der Waals surface area (Å²) < 4.78 is 52.8. The normalized spacial score (nSPS) is 19.8. The molecule has 13 heteroatoms. The number of benzene rings is 1. The molecule has 1 fully saturated rings. The smallest absolute Gasteiger partial charge is 0.444 e. The highest BCUT2D eigenvalue weighted by Crippen LogP contribution is 2.30. The molecule has 0 spiro atoms. The van der Waals surface area contributed by atoms with Gasteiger partial charge in [-0.2, -0.15) is 0 Å². The Bertz CT molecular complexity index is 1030. The van der Waals surface area contributed by atoms with E-state index in [1.165, 1.54) is 0 Å². The van der Waals surface area contributed by atoms with E-state index < -0.39 is 42.2 Å². The molecule has 40 heavy (non-hydrogen) atoms. The Morgan fingerprint density at radius 2 is 1.80 bits per heavy atom. The number of hydrogen-bond donors (Lipinski definition) is 3. The molecular formula is C27H41F3N4O6. The minimum atomic E-state index is -4.99. The van der Waals surface area contributed by atoms with Crippen molar-refractivity contribution < 1.29 is 41.8 Å². The zero-order valence-corrected chi connectivity index (χ0v) is 24.1. The summed E-state index contributed by atoms with van der Waals surface area (Å²) in [5, 5.41) is 7.71. The van der Waals surface area contributed by atoms with E-state index in [-0.39, 0.29) is 23.2 Å². The predicted octanol–water partition coefficient (Wildman–Crippen LogP) is 4.30. The van der Waals surface area contributed by atoms with Crippen molar-refractivity contribution in [3.8, 4) is 5.75 Å². The van der Waals surface area contributed by atoms with E-state index in [4.69, 9.17) is 9.47 Å². The van der Waals surface area contributed by atoms with Crippen LogP contribution >= 0.6 is 0 Å². The molecule has 0 radical (unpaired) electrons. The quantitative estimate of drug-likeness (QED) is 0.381. The Balaban J connectivity index is 2.10. The fraction of sp³-hybridized carbons (Fsp3) is 0.667. The molecule has 226 valence electrons. The number of ether oxygens (including phenoxy) is 3. The summed E-state index contributed by atoms with van der Waals surface area (Å²) in [6, 6.07) is 3.44. The lowest BCUT2D eigenvalue weighted by Gasteiger charge is -2.41. The number of alkyl halides is 3. The van der Waals surface area contributed by atoms with Gasteiger partial charge in [-0.05, 0) is 79.1 Å². The van der Waals surface area contributed by atoms with Crippen molar-refractivity contribution in [1.29, 1.82) is 0 Å². The largest absolute Gasteiger partial charge is 0.573 e. The maximum atomic E-state index is 12.9. The van der Waals surface area contributed by atoms with Crippen LogP contribution in [0.1, 0.15) is 64.2 Å². The molecule has 10 nitrogen and oxygen atoms in total. The van der Waals surface area contributed by atoms with Crippen molar-refractivity contribution in [3.63, 3.8) is 0 Å². The number of hydrogen-bond acceptors (Lipinski definition) is 7. The standard InChI is InChI=1S/C27H41F3N4O6/c1-16(2)34(6)18-8-10-21(17(12-18)15-38-7)32-23(35)14-31-24(36)20-13-19(39-27(28,29)30)9-11-22(20)33-25(37)40-26(3,4)5/h9,11,13,16-18,21H,8,10,12,14-15H2,1-7H3,(H,31,36)(H,32,35)(H,33,37)/t17-,18-,21+/m1/s1. The summed E-state index contributed by atoms with van der Waals surface area (Å²) in [6.45, 7) is 9.18. The van der Waals surface area contributed by atoms with Gasteiger partial charge >= 0.3 is 12.5 Å². The number of nitrogens with zero attached hydrogens (tertiary/aromatic N) is 1. The van der Waals surface area contributed by atoms with Crippen LogP contribution in [0.3, 0.4) is 0 Å². The Hall–Kier alpha value is -3.06. The molecule has 0 aliphatic heterocycles. The van der Waals surface area contributed by atoms with Crippen molar-refractivity contribution >= 4 is 23.6 Å². The molecule has 3 atom stereocenters. The van der Waals surface area contributed by atoms with Gasteiger partial charge in [0.1, 0.15) is 11.4 Å². The summed E-state index contributed by atoms with van der Waals surface area (Å²) in [5.74, 6) is -1.93. The summed E-state index contributed by atoms with van der Waals surface area (Å²) in [7, 11) is 3.68. The Kier molecular flexibility index (Phi) is 11.6. The van der Waals surface area contributed by atoms with E-state index in [9.17, 15) is 27.6 Å². The van der Waals surface area contributed by atoms with Crippen molar-refractivity contribution in [2.75, 3.05) is 32.6 Å². The van der Waals surface area contributed by atoms with Gasteiger partial charge < -0.3 is 29.7 Å². The zero-order chi connectivity index (χ0) is 30.3. The number of carbonyl (C=O) groups is 3. The van der Waals surface area contributed by atoms with Gasteiger partial charge in [-0.25, -0.2) is 4.79 Å². The number of rotatable bonds is 10. The molecule has 0 heterocycles. The summed E-state index contributed by atoms with van der Waals surface area (Å²) in [4.78, 5) is 40.2. The van der Waals surface area contributed by atoms with E-state index in [2.05, 4.69) is 46.5 Å². The molecule has 3 N–H and O–H groups in total. The highest BCUT2D eigenvalue weighted by molar-refractivity contribution is 6.04. The third-order valence-electron chi connectivity index (χ3n) is 6.59. The Labute approximate surface area is 233 Å². The molecule has 0 saturated heterocycles. The van der Waals surface area contributed by atoms with Crippen molar-refractivity contribution in [2.45, 2.75) is 84.0 Å². The molecule has 0 aromatic heterocycles. The molecule has 1 saturated carbocycles. The second-order valence-corrected chi connectivity index (χ2v) is 11.2. The van der Waals surface area contributed by atoms with E-state index in [0.29, 0.717) is 18.7 Å². The molecule has 1 aliphatic rings. The summed E-state index contributed by atoms with van der Waals surface area (Å²) >= 11 is 0. The van der Waals surface area contributed by atoms with Crippen molar-refractivity contribution in [2.24, 2.45) is 5.92 Å². The van der Waals surface area contributed by atoms with Gasteiger partial charge in [0.05, 0.1) is 24.4 Å². The van der Waals surface area contributed by atoms with Gasteiger partial charge in [-0.15, -0.1) is 13.2 Å². The van der Waals surface area contributed by atoms with Crippen LogP contribution in [0.2, 0.25) is 0 Å². The monoisotopic (exact) mass is 574 g/mol. The summed E-state index contributed by atoms with van der Waals surface area (Å²) in [6.07, 6.45) is -3.44. The number of carbonyl (C=O) groups excluding carboxylic acids is 3. The number of methoxy groups -OCH3 is 1. The number of amides is 3. The highest BCUT2D eigenvalue weighted by Gasteiger charge is 2.34. The SMILES string of the molecule is COC[C@H]1C[C@H](N(C)C(C)C)CC[C@@H]1NC(=O)CNC(=O)c1cc(OC(F)(F)F)ccc1NC(=O)OC(C)(C)C. The predicted molar refractivity (Wildman–Crippen MR) is 143 cm³/mol. The first-order valence-corrected chi connectivity index (χ1v) is 13.2. The van der Waals surface area contributed by atoms with Crippen LogP contribution in [0.5, 0.6) is 5.75 Å². The average molecular weight is 575 g/mol. The van der Waals surface area contributed by atoms with Crippen LogP contribution in [0.25, 0.3) is 0 Å². The lowest BCUT2D eigenvalue weighted by atomic mass is 9.81. The Morgan fingerprint density at radius 3 is 2.38 bits per heavy atom. The van der Waals surface area contributed by atoms with Gasteiger partial charge in [0.2, 0.25) is 5.91 Å². The molecule has 0 unspecified atom stereocenters.